The van der Waals surface area contributed by atoms with E-state index < -0.39 is 0 Å². The Morgan fingerprint density at radius 1 is 1.42 bits per heavy atom. The number of nitrogens with zero attached hydrogens (tertiary/aromatic N) is 1. The number of nitrogens with one attached hydrogen (secondary N) is 1. The van der Waals surface area contributed by atoms with E-state index in [1.54, 1.807) is 0 Å². The van der Waals surface area contributed by atoms with E-state index in [9.17, 15) is 4.79 Å². The highest BCUT2D eigenvalue weighted by Crippen LogP contribution is 2.21. The fourth-order valence-corrected chi connectivity index (χ4v) is 2.93. The summed E-state index contributed by atoms with van der Waals surface area (Å²) in [6.07, 6.45) is 2.79. The van der Waals surface area contributed by atoms with Crippen LogP contribution in [0.15, 0.2) is 0 Å². The SMILES string of the molecule is CCCNC1CC(CC(=O)OC)CN(CC(C)C)C1. The average molecular weight is 270 g/mol. The lowest BCUT2D eigenvalue weighted by Crippen LogP contribution is -2.50. The monoisotopic (exact) mass is 270 g/mol. The van der Waals surface area contributed by atoms with Crippen LogP contribution in [0.1, 0.15) is 40.0 Å². The largest absolute Gasteiger partial charge is 0.469 e. The predicted molar refractivity (Wildman–Crippen MR) is 78.1 cm³/mol. The van der Waals surface area contributed by atoms with Crippen molar-refractivity contribution in [1.29, 1.82) is 0 Å². The van der Waals surface area contributed by atoms with Crippen molar-refractivity contribution in [3.05, 3.63) is 0 Å². The molecule has 0 aliphatic carbocycles. The number of hydrogen-bond acceptors (Lipinski definition) is 4. The first-order chi connectivity index (χ1) is 9.05. The number of carbonyl (C=O) groups excluding carboxylic acids is 1. The molecule has 1 saturated heterocycles. The third kappa shape index (κ3) is 6.39. The smallest absolute Gasteiger partial charge is 0.305 e. The second-order valence-electron chi connectivity index (χ2n) is 6.15. The summed E-state index contributed by atoms with van der Waals surface area (Å²) in [7, 11) is 1.48. The Balaban J connectivity index is 2.52. The molecule has 4 heteroatoms. The Hall–Kier alpha value is -0.610. The van der Waals surface area contributed by atoms with E-state index in [0.717, 1.165) is 39.0 Å². The van der Waals surface area contributed by atoms with Crippen molar-refractivity contribution < 1.29 is 9.53 Å². The lowest BCUT2D eigenvalue weighted by atomic mass is 9.91. The molecule has 0 amide bonds. The lowest BCUT2D eigenvalue weighted by molar-refractivity contribution is -0.142. The Morgan fingerprint density at radius 3 is 2.74 bits per heavy atom. The van der Waals surface area contributed by atoms with Crippen LogP contribution in [0.2, 0.25) is 0 Å². The number of rotatable bonds is 7. The second kappa shape index (κ2) is 8.54. The molecular formula is C15H30N2O2. The molecule has 112 valence electrons. The third-order valence-corrected chi connectivity index (χ3v) is 3.60. The molecule has 0 aromatic heterocycles. The molecule has 0 aromatic rings. The van der Waals surface area contributed by atoms with Crippen LogP contribution in [0, 0.1) is 11.8 Å². The van der Waals surface area contributed by atoms with Crippen LogP contribution in [0.4, 0.5) is 0 Å². The summed E-state index contributed by atoms with van der Waals surface area (Å²) < 4.78 is 4.81. The van der Waals surface area contributed by atoms with Gasteiger partial charge in [-0.05, 0) is 31.2 Å². The lowest BCUT2D eigenvalue weighted by Gasteiger charge is -2.38. The predicted octanol–water partition coefficient (Wildman–Crippen LogP) is 1.90. The number of methoxy groups -OCH3 is 1. The molecule has 1 N–H and O–H groups in total. The number of carbonyl (C=O) groups is 1. The Morgan fingerprint density at radius 2 is 2.16 bits per heavy atom. The first kappa shape index (κ1) is 16.4. The van der Waals surface area contributed by atoms with Gasteiger partial charge in [0.15, 0.2) is 0 Å². The highest BCUT2D eigenvalue weighted by Gasteiger charge is 2.28. The van der Waals surface area contributed by atoms with Crippen LogP contribution in [-0.4, -0.2) is 50.2 Å². The van der Waals surface area contributed by atoms with Crippen LogP contribution in [0.5, 0.6) is 0 Å². The van der Waals surface area contributed by atoms with Gasteiger partial charge in [-0.25, -0.2) is 0 Å². The minimum absolute atomic E-state index is 0.0781. The Kier molecular flexibility index (Phi) is 7.39. The van der Waals surface area contributed by atoms with Crippen molar-refractivity contribution in [1.82, 2.24) is 10.2 Å². The Bertz CT molecular complexity index is 269. The van der Waals surface area contributed by atoms with Gasteiger partial charge >= 0.3 is 5.97 Å². The van der Waals surface area contributed by atoms with Gasteiger partial charge in [0.05, 0.1) is 7.11 Å². The van der Waals surface area contributed by atoms with Crippen LogP contribution in [0.25, 0.3) is 0 Å². The summed E-state index contributed by atoms with van der Waals surface area (Å²) in [5.41, 5.74) is 0. The summed E-state index contributed by atoms with van der Waals surface area (Å²) in [6.45, 7) is 11.0. The van der Waals surface area contributed by atoms with Crippen molar-refractivity contribution in [2.24, 2.45) is 11.8 Å². The molecule has 1 heterocycles. The molecule has 1 fully saturated rings. The van der Waals surface area contributed by atoms with E-state index in [2.05, 4.69) is 31.0 Å². The molecule has 2 unspecified atom stereocenters. The minimum atomic E-state index is -0.0781. The summed E-state index contributed by atoms with van der Waals surface area (Å²) in [6, 6.07) is 0.516. The van der Waals surface area contributed by atoms with Crippen molar-refractivity contribution in [2.75, 3.05) is 33.3 Å². The molecule has 19 heavy (non-hydrogen) atoms. The molecule has 1 rings (SSSR count). The topological polar surface area (TPSA) is 41.6 Å². The first-order valence-electron chi connectivity index (χ1n) is 7.57. The number of likely N-dealkylation sites (tertiary alicyclic amines) is 1. The molecule has 0 bridgehead atoms. The van der Waals surface area contributed by atoms with Gasteiger partial charge in [-0.3, -0.25) is 4.79 Å². The molecule has 0 aromatic carbocycles. The first-order valence-corrected chi connectivity index (χ1v) is 7.57. The van der Waals surface area contributed by atoms with Gasteiger partial charge in [0.25, 0.3) is 0 Å². The zero-order chi connectivity index (χ0) is 14.3. The van der Waals surface area contributed by atoms with E-state index >= 15 is 0 Å². The molecule has 0 radical (unpaired) electrons. The summed E-state index contributed by atoms with van der Waals surface area (Å²) in [4.78, 5) is 14.0. The third-order valence-electron chi connectivity index (χ3n) is 3.60. The van der Waals surface area contributed by atoms with Gasteiger partial charge in [-0.15, -0.1) is 0 Å². The van der Waals surface area contributed by atoms with E-state index in [-0.39, 0.29) is 5.97 Å². The maximum Gasteiger partial charge on any atom is 0.305 e. The summed E-state index contributed by atoms with van der Waals surface area (Å²) in [5.74, 6) is 1.02. The average Bonchev–Trinajstić information content (AvgIpc) is 2.35. The van der Waals surface area contributed by atoms with Gasteiger partial charge in [0.1, 0.15) is 0 Å². The summed E-state index contributed by atoms with van der Waals surface area (Å²) >= 11 is 0. The molecule has 0 spiro atoms. The van der Waals surface area contributed by atoms with Crippen molar-refractivity contribution in [2.45, 2.75) is 46.1 Å². The van der Waals surface area contributed by atoms with Crippen molar-refractivity contribution in [3.63, 3.8) is 0 Å². The van der Waals surface area contributed by atoms with E-state index in [1.807, 2.05) is 0 Å². The standard InChI is InChI=1S/C15H30N2O2/c1-5-6-16-14-7-13(8-15(18)19-4)10-17(11-14)9-12(2)3/h12-14,16H,5-11H2,1-4H3. The van der Waals surface area contributed by atoms with Gasteiger partial charge in [-0.2, -0.15) is 0 Å². The maximum atomic E-state index is 11.5. The van der Waals surface area contributed by atoms with Gasteiger partial charge in [0, 0.05) is 32.1 Å². The molecule has 2 atom stereocenters. The molecule has 1 aliphatic heterocycles. The zero-order valence-corrected chi connectivity index (χ0v) is 12.9. The maximum absolute atomic E-state index is 11.5. The molecule has 4 nitrogen and oxygen atoms in total. The zero-order valence-electron chi connectivity index (χ0n) is 12.9. The van der Waals surface area contributed by atoms with Crippen LogP contribution in [-0.2, 0) is 9.53 Å². The highest BCUT2D eigenvalue weighted by molar-refractivity contribution is 5.69. The van der Waals surface area contributed by atoms with E-state index in [0.29, 0.717) is 24.3 Å². The fourth-order valence-electron chi connectivity index (χ4n) is 2.93. The number of piperidine rings is 1. The van der Waals surface area contributed by atoms with Crippen LogP contribution >= 0.6 is 0 Å². The molecule has 0 saturated carbocycles. The van der Waals surface area contributed by atoms with E-state index in [4.69, 9.17) is 4.74 Å². The fraction of sp³-hybridized carbons (Fsp3) is 0.933. The number of ether oxygens (including phenoxy) is 1. The number of hydrogen-bond donors (Lipinski definition) is 1. The highest BCUT2D eigenvalue weighted by atomic mass is 16.5. The van der Waals surface area contributed by atoms with E-state index in [1.165, 1.54) is 7.11 Å². The van der Waals surface area contributed by atoms with Crippen LogP contribution in [0.3, 0.4) is 0 Å². The second-order valence-corrected chi connectivity index (χ2v) is 6.15. The van der Waals surface area contributed by atoms with Crippen molar-refractivity contribution in [3.8, 4) is 0 Å². The van der Waals surface area contributed by atoms with Gasteiger partial charge in [0.2, 0.25) is 0 Å². The number of esters is 1. The summed E-state index contributed by atoms with van der Waals surface area (Å²) in [5, 5.41) is 3.60. The Labute approximate surface area is 117 Å². The van der Waals surface area contributed by atoms with Crippen molar-refractivity contribution >= 4 is 5.97 Å². The van der Waals surface area contributed by atoms with Crippen LogP contribution < -0.4 is 5.32 Å². The quantitative estimate of drug-likeness (QED) is 0.717. The normalized spacial score (nSPS) is 24.7. The minimum Gasteiger partial charge on any atom is -0.469 e. The molecular weight excluding hydrogens is 240 g/mol. The van der Waals surface area contributed by atoms with Gasteiger partial charge < -0.3 is 15.0 Å². The van der Waals surface area contributed by atoms with Gasteiger partial charge in [-0.1, -0.05) is 20.8 Å². The molecule has 1 aliphatic rings.